The van der Waals surface area contributed by atoms with Crippen molar-refractivity contribution in [3.05, 3.63) is 33.9 Å². The number of alkyl halides is 3. The molecule has 0 unspecified atom stereocenters. The van der Waals surface area contributed by atoms with Crippen molar-refractivity contribution in [1.82, 2.24) is 4.90 Å². The smallest absolute Gasteiger partial charge is 0.371 e. The van der Waals surface area contributed by atoms with Crippen LogP contribution in [0.2, 0.25) is 0 Å². The van der Waals surface area contributed by atoms with Crippen molar-refractivity contribution in [2.45, 2.75) is 25.1 Å². The third-order valence-corrected chi connectivity index (χ3v) is 4.18. The molecular formula is C15H17F3N4O2. The highest BCUT2D eigenvalue weighted by Gasteiger charge is 2.33. The Kier molecular flexibility index (Phi) is 5.29. The van der Waals surface area contributed by atoms with Crippen LogP contribution in [0.25, 0.3) is 0 Å². The molecule has 1 heterocycles. The maximum atomic E-state index is 12.5. The molecule has 1 aromatic rings. The van der Waals surface area contributed by atoms with Gasteiger partial charge in [0.25, 0.3) is 5.69 Å². The third-order valence-electron chi connectivity index (χ3n) is 4.18. The molecular weight excluding hydrogens is 325 g/mol. The maximum absolute atomic E-state index is 12.5. The van der Waals surface area contributed by atoms with E-state index in [4.69, 9.17) is 5.26 Å². The van der Waals surface area contributed by atoms with Crippen molar-refractivity contribution in [3.8, 4) is 6.07 Å². The number of nitro groups is 1. The summed E-state index contributed by atoms with van der Waals surface area (Å²) in [5, 5.41) is 19.9. The number of nitriles is 1. The van der Waals surface area contributed by atoms with Crippen LogP contribution in [-0.4, -0.2) is 48.7 Å². The summed E-state index contributed by atoms with van der Waals surface area (Å²) in [6, 6.07) is 5.96. The monoisotopic (exact) mass is 342 g/mol. The summed E-state index contributed by atoms with van der Waals surface area (Å²) in [7, 11) is 1.47. The fourth-order valence-corrected chi connectivity index (χ4v) is 2.95. The van der Waals surface area contributed by atoms with Crippen LogP contribution in [0.15, 0.2) is 18.2 Å². The molecule has 1 aromatic carbocycles. The van der Waals surface area contributed by atoms with Gasteiger partial charge in [-0.15, -0.1) is 0 Å². The number of hydrogen-bond acceptors (Lipinski definition) is 5. The number of rotatable bonds is 4. The van der Waals surface area contributed by atoms with E-state index >= 15 is 0 Å². The summed E-state index contributed by atoms with van der Waals surface area (Å²) in [5.41, 5.74) is 0.406. The third kappa shape index (κ3) is 4.35. The van der Waals surface area contributed by atoms with E-state index < -0.39 is 17.6 Å². The van der Waals surface area contributed by atoms with Gasteiger partial charge in [0, 0.05) is 30.9 Å². The molecule has 1 aliphatic rings. The van der Waals surface area contributed by atoms with E-state index in [0.717, 1.165) is 0 Å². The summed E-state index contributed by atoms with van der Waals surface area (Å²) in [5.74, 6) is 0. The zero-order valence-electron chi connectivity index (χ0n) is 13.1. The highest BCUT2D eigenvalue weighted by Crippen LogP contribution is 2.28. The SMILES string of the molecule is CN(CC(F)(F)F)C1CCN(c2ccc([N+](=O)[O-])c(C#N)c2)CC1. The van der Waals surface area contributed by atoms with Crippen molar-refractivity contribution >= 4 is 11.4 Å². The standard InChI is InChI=1S/C15H17F3N4O2/c1-20(10-15(16,17)18)12-4-6-21(7-5-12)13-2-3-14(22(23)24)11(8-13)9-19/h2-3,8,12H,4-7,10H2,1H3. The summed E-state index contributed by atoms with van der Waals surface area (Å²) < 4.78 is 37.4. The van der Waals surface area contributed by atoms with Crippen LogP contribution in [0.5, 0.6) is 0 Å². The lowest BCUT2D eigenvalue weighted by atomic mass is 10.0. The van der Waals surface area contributed by atoms with Gasteiger partial charge < -0.3 is 4.90 Å². The molecule has 130 valence electrons. The molecule has 1 fully saturated rings. The maximum Gasteiger partial charge on any atom is 0.401 e. The zero-order chi connectivity index (χ0) is 17.9. The Morgan fingerprint density at radius 1 is 1.42 bits per heavy atom. The quantitative estimate of drug-likeness (QED) is 0.621. The van der Waals surface area contributed by atoms with Gasteiger partial charge in [0.1, 0.15) is 11.6 Å². The first-order chi connectivity index (χ1) is 11.2. The zero-order valence-corrected chi connectivity index (χ0v) is 13.1. The van der Waals surface area contributed by atoms with Crippen LogP contribution in [0.4, 0.5) is 24.5 Å². The van der Waals surface area contributed by atoms with E-state index in [1.165, 1.54) is 24.1 Å². The summed E-state index contributed by atoms with van der Waals surface area (Å²) >= 11 is 0. The highest BCUT2D eigenvalue weighted by atomic mass is 19.4. The second-order valence-corrected chi connectivity index (χ2v) is 5.82. The van der Waals surface area contributed by atoms with Crippen molar-refractivity contribution < 1.29 is 18.1 Å². The Morgan fingerprint density at radius 3 is 2.54 bits per heavy atom. The number of nitrogens with zero attached hydrogens (tertiary/aromatic N) is 4. The lowest BCUT2D eigenvalue weighted by molar-refractivity contribution is -0.385. The minimum absolute atomic E-state index is 0.0196. The van der Waals surface area contributed by atoms with Crippen LogP contribution < -0.4 is 4.90 Å². The molecule has 24 heavy (non-hydrogen) atoms. The van der Waals surface area contributed by atoms with Gasteiger partial charge in [-0.3, -0.25) is 15.0 Å². The molecule has 0 spiro atoms. The van der Waals surface area contributed by atoms with Gasteiger partial charge >= 0.3 is 6.18 Å². The Bertz CT molecular complexity index is 649. The van der Waals surface area contributed by atoms with Gasteiger partial charge in [0.15, 0.2) is 0 Å². The molecule has 0 saturated carbocycles. The minimum Gasteiger partial charge on any atom is -0.371 e. The molecule has 1 saturated heterocycles. The summed E-state index contributed by atoms with van der Waals surface area (Å²) in [4.78, 5) is 13.5. The van der Waals surface area contributed by atoms with Crippen LogP contribution in [0, 0.1) is 21.4 Å². The van der Waals surface area contributed by atoms with Crippen LogP contribution in [-0.2, 0) is 0 Å². The predicted molar refractivity (Wildman–Crippen MR) is 81.7 cm³/mol. The molecule has 0 aliphatic carbocycles. The molecule has 1 aliphatic heterocycles. The molecule has 0 N–H and O–H groups in total. The second-order valence-electron chi connectivity index (χ2n) is 5.82. The topological polar surface area (TPSA) is 73.4 Å². The molecule has 0 aromatic heterocycles. The van der Waals surface area contributed by atoms with Crippen molar-refractivity contribution in [2.75, 3.05) is 31.6 Å². The minimum atomic E-state index is -4.22. The number of anilines is 1. The number of piperidine rings is 1. The van der Waals surface area contributed by atoms with Crippen molar-refractivity contribution in [3.63, 3.8) is 0 Å². The van der Waals surface area contributed by atoms with Crippen molar-refractivity contribution in [2.24, 2.45) is 0 Å². The number of halogens is 3. The fraction of sp³-hybridized carbons (Fsp3) is 0.533. The molecule has 9 heteroatoms. The highest BCUT2D eigenvalue weighted by molar-refractivity contribution is 5.60. The van der Waals surface area contributed by atoms with E-state index in [9.17, 15) is 23.3 Å². The normalized spacial score (nSPS) is 16.2. The van der Waals surface area contributed by atoms with E-state index in [2.05, 4.69) is 0 Å². The lowest BCUT2D eigenvalue weighted by Gasteiger charge is -2.38. The molecule has 0 atom stereocenters. The van der Waals surface area contributed by atoms with Gasteiger partial charge in [0.2, 0.25) is 0 Å². The van der Waals surface area contributed by atoms with Gasteiger partial charge in [0.05, 0.1) is 11.5 Å². The van der Waals surface area contributed by atoms with Gasteiger partial charge in [-0.05, 0) is 32.0 Å². The number of hydrogen-bond donors (Lipinski definition) is 0. The van der Waals surface area contributed by atoms with Crippen LogP contribution in [0.1, 0.15) is 18.4 Å². The second kappa shape index (κ2) is 7.05. The first-order valence-corrected chi connectivity index (χ1v) is 7.42. The molecule has 0 amide bonds. The Hall–Kier alpha value is -2.34. The average molecular weight is 342 g/mol. The van der Waals surface area contributed by atoms with Gasteiger partial charge in [-0.25, -0.2) is 0 Å². The summed E-state index contributed by atoms with van der Waals surface area (Å²) in [6.45, 7) is 0.138. The molecule has 6 nitrogen and oxygen atoms in total. The van der Waals surface area contributed by atoms with Gasteiger partial charge in [-0.2, -0.15) is 18.4 Å². The largest absolute Gasteiger partial charge is 0.401 e. The fourth-order valence-electron chi connectivity index (χ4n) is 2.95. The van der Waals surface area contributed by atoms with E-state index in [1.807, 2.05) is 11.0 Å². The van der Waals surface area contributed by atoms with Crippen LogP contribution >= 0.6 is 0 Å². The molecule has 0 bridgehead atoms. The number of benzene rings is 1. The first-order valence-electron chi connectivity index (χ1n) is 7.42. The Morgan fingerprint density at radius 2 is 2.04 bits per heavy atom. The Balaban J connectivity index is 2.02. The summed E-state index contributed by atoms with van der Waals surface area (Å²) in [6.07, 6.45) is -3.09. The number of nitro benzene ring substituents is 1. The molecule has 0 radical (unpaired) electrons. The van der Waals surface area contributed by atoms with E-state index in [-0.39, 0.29) is 17.3 Å². The average Bonchev–Trinajstić information content (AvgIpc) is 2.52. The Labute approximate surface area is 137 Å². The first kappa shape index (κ1) is 18.0. The van der Waals surface area contributed by atoms with E-state index in [1.54, 1.807) is 6.07 Å². The van der Waals surface area contributed by atoms with Crippen molar-refractivity contribution in [1.29, 1.82) is 5.26 Å². The predicted octanol–water partition coefficient (Wildman–Crippen LogP) is 2.93. The molecule has 2 rings (SSSR count). The van der Waals surface area contributed by atoms with E-state index in [0.29, 0.717) is 31.6 Å². The lowest BCUT2D eigenvalue weighted by Crippen LogP contribution is -2.46. The van der Waals surface area contributed by atoms with Gasteiger partial charge in [-0.1, -0.05) is 0 Å². The van der Waals surface area contributed by atoms with Crippen LogP contribution in [0.3, 0.4) is 0 Å².